The van der Waals surface area contributed by atoms with Crippen molar-refractivity contribution in [2.24, 2.45) is 23.2 Å². The van der Waals surface area contributed by atoms with Crippen molar-refractivity contribution in [1.82, 2.24) is 0 Å². The predicted molar refractivity (Wildman–Crippen MR) is 142 cm³/mol. The summed E-state index contributed by atoms with van der Waals surface area (Å²) in [4.78, 5) is 0. The second-order valence-corrected chi connectivity index (χ2v) is 18.9. The van der Waals surface area contributed by atoms with Gasteiger partial charge < -0.3 is 13.9 Å². The molecular weight excluding hydrogens is 424 g/mol. The lowest BCUT2D eigenvalue weighted by molar-refractivity contribution is -0.217. The Morgan fingerprint density at radius 3 is 2.36 bits per heavy atom. The molecule has 2 saturated carbocycles. The van der Waals surface area contributed by atoms with Gasteiger partial charge in [0, 0.05) is 12.7 Å². The summed E-state index contributed by atoms with van der Waals surface area (Å²) >= 11 is 0. The van der Waals surface area contributed by atoms with Gasteiger partial charge in [-0.1, -0.05) is 53.9 Å². The van der Waals surface area contributed by atoms with Gasteiger partial charge >= 0.3 is 0 Å². The minimum Gasteiger partial charge on any atom is -0.414 e. The van der Waals surface area contributed by atoms with E-state index in [0.717, 1.165) is 37.2 Å². The van der Waals surface area contributed by atoms with Crippen molar-refractivity contribution in [3.8, 4) is 0 Å². The Balaban J connectivity index is 1.53. The highest BCUT2D eigenvalue weighted by molar-refractivity contribution is 6.74. The Hall–Kier alpha value is 0.0969. The lowest BCUT2D eigenvalue weighted by Gasteiger charge is -2.50. The van der Waals surface area contributed by atoms with E-state index < -0.39 is 8.32 Å². The Morgan fingerprint density at radius 1 is 1.00 bits per heavy atom. The van der Waals surface area contributed by atoms with Gasteiger partial charge in [0.05, 0.1) is 5.60 Å². The Bertz CT molecular complexity index is 619. The van der Waals surface area contributed by atoms with Crippen LogP contribution in [0.1, 0.15) is 119 Å². The van der Waals surface area contributed by atoms with Crippen molar-refractivity contribution in [3.63, 3.8) is 0 Å². The Labute approximate surface area is 207 Å². The Morgan fingerprint density at radius 2 is 1.73 bits per heavy atom. The quantitative estimate of drug-likeness (QED) is 0.309. The summed E-state index contributed by atoms with van der Waals surface area (Å²) in [5.74, 6) is 2.39. The first-order valence-corrected chi connectivity index (χ1v) is 17.1. The molecule has 4 heteroatoms. The van der Waals surface area contributed by atoms with Crippen LogP contribution in [-0.4, -0.2) is 32.9 Å². The van der Waals surface area contributed by atoms with Crippen molar-refractivity contribution in [2.45, 2.75) is 155 Å². The zero-order valence-corrected chi connectivity index (χ0v) is 24.6. The molecule has 3 nitrogen and oxygen atoms in total. The van der Waals surface area contributed by atoms with Gasteiger partial charge in [0.2, 0.25) is 0 Å². The van der Waals surface area contributed by atoms with Crippen LogP contribution in [-0.2, 0) is 13.9 Å². The summed E-state index contributed by atoms with van der Waals surface area (Å²) in [7, 11) is -1.72. The molecule has 1 aliphatic heterocycles. The molecule has 0 aromatic rings. The topological polar surface area (TPSA) is 27.7 Å². The molecule has 0 bridgehead atoms. The van der Waals surface area contributed by atoms with Crippen LogP contribution in [0.15, 0.2) is 0 Å². The monoisotopic (exact) mass is 480 g/mol. The van der Waals surface area contributed by atoms with Crippen molar-refractivity contribution < 1.29 is 13.9 Å². The number of rotatable bonds is 9. The fraction of sp³-hybridized carbons (Fsp3) is 1.00. The number of fused-ring (bicyclic) bond motifs is 1. The molecule has 2 aliphatic carbocycles. The summed E-state index contributed by atoms with van der Waals surface area (Å²) in [6, 6.07) is 0. The largest absolute Gasteiger partial charge is 0.414 e. The van der Waals surface area contributed by atoms with E-state index in [2.05, 4.69) is 61.6 Å². The van der Waals surface area contributed by atoms with Crippen LogP contribution in [0.2, 0.25) is 18.1 Å². The highest BCUT2D eigenvalue weighted by Crippen LogP contribution is 2.59. The van der Waals surface area contributed by atoms with E-state index in [1.54, 1.807) is 0 Å². The molecule has 0 spiro atoms. The van der Waals surface area contributed by atoms with Gasteiger partial charge in [0.1, 0.15) is 0 Å². The van der Waals surface area contributed by atoms with Crippen LogP contribution in [0.3, 0.4) is 0 Å². The van der Waals surface area contributed by atoms with E-state index in [4.69, 9.17) is 13.9 Å². The molecule has 0 aromatic heterocycles. The molecular formula is C29H56O3Si. The maximum atomic E-state index is 7.06. The van der Waals surface area contributed by atoms with E-state index in [-0.39, 0.29) is 11.9 Å². The molecule has 33 heavy (non-hydrogen) atoms. The zero-order valence-electron chi connectivity index (χ0n) is 23.6. The lowest BCUT2D eigenvalue weighted by atomic mass is 9.61. The molecule has 6 atom stereocenters. The second-order valence-electron chi connectivity index (χ2n) is 14.1. The molecule has 0 N–H and O–H groups in total. The minimum absolute atomic E-state index is 0.0146. The predicted octanol–water partition coefficient (Wildman–Crippen LogP) is 8.72. The van der Waals surface area contributed by atoms with Crippen LogP contribution in [0.5, 0.6) is 0 Å². The van der Waals surface area contributed by atoms with Gasteiger partial charge in [-0.3, -0.25) is 0 Å². The average molecular weight is 481 g/mol. The van der Waals surface area contributed by atoms with E-state index in [1.807, 2.05) is 0 Å². The number of hydrogen-bond acceptors (Lipinski definition) is 3. The van der Waals surface area contributed by atoms with Gasteiger partial charge in [-0.05, 0) is 107 Å². The van der Waals surface area contributed by atoms with Crippen LogP contribution in [0, 0.1) is 23.2 Å². The summed E-state index contributed by atoms with van der Waals surface area (Å²) in [6.07, 6.45) is 14.5. The molecule has 194 valence electrons. The molecule has 1 heterocycles. The highest BCUT2D eigenvalue weighted by Gasteiger charge is 2.54. The van der Waals surface area contributed by atoms with Crippen LogP contribution < -0.4 is 0 Å². The van der Waals surface area contributed by atoms with Crippen molar-refractivity contribution in [3.05, 3.63) is 0 Å². The third-order valence-corrected chi connectivity index (χ3v) is 14.6. The van der Waals surface area contributed by atoms with E-state index in [1.165, 1.54) is 57.8 Å². The first-order chi connectivity index (χ1) is 15.3. The Kier molecular flexibility index (Phi) is 8.90. The fourth-order valence-corrected chi connectivity index (χ4v) is 8.45. The molecule has 0 aromatic carbocycles. The lowest BCUT2D eigenvalue weighted by Crippen LogP contribution is -2.50. The van der Waals surface area contributed by atoms with Gasteiger partial charge in [0.15, 0.2) is 14.6 Å². The van der Waals surface area contributed by atoms with Crippen molar-refractivity contribution >= 4 is 8.32 Å². The summed E-state index contributed by atoms with van der Waals surface area (Å²) in [5, 5.41) is 0.295. The first-order valence-electron chi connectivity index (χ1n) is 14.2. The normalized spacial score (nSPS) is 34.8. The number of ether oxygens (including phenoxy) is 2. The molecule has 3 aliphatic rings. The van der Waals surface area contributed by atoms with Gasteiger partial charge in [0.25, 0.3) is 0 Å². The van der Waals surface area contributed by atoms with E-state index >= 15 is 0 Å². The summed E-state index contributed by atoms with van der Waals surface area (Å²) < 4.78 is 19.2. The number of hydrogen-bond donors (Lipinski definition) is 0. The third kappa shape index (κ3) is 6.65. The summed E-state index contributed by atoms with van der Waals surface area (Å²) in [5.41, 5.74) is 0.378. The smallest absolute Gasteiger partial charge is 0.192 e. The molecule has 1 unspecified atom stereocenters. The van der Waals surface area contributed by atoms with Crippen molar-refractivity contribution in [1.29, 1.82) is 0 Å². The third-order valence-electron chi connectivity index (χ3n) is 10.1. The molecule has 0 radical (unpaired) electrons. The van der Waals surface area contributed by atoms with Gasteiger partial charge in [-0.25, -0.2) is 0 Å². The van der Waals surface area contributed by atoms with E-state index in [0.29, 0.717) is 16.6 Å². The zero-order chi connectivity index (χ0) is 24.5. The molecule has 3 rings (SSSR count). The van der Waals surface area contributed by atoms with Gasteiger partial charge in [-0.15, -0.1) is 0 Å². The minimum atomic E-state index is -1.72. The highest BCUT2D eigenvalue weighted by atomic mass is 28.4. The fourth-order valence-electron chi connectivity index (χ4n) is 7.06. The van der Waals surface area contributed by atoms with Gasteiger partial charge in [-0.2, -0.15) is 0 Å². The summed E-state index contributed by atoms with van der Waals surface area (Å²) in [6.45, 7) is 22.6. The average Bonchev–Trinajstić information content (AvgIpc) is 3.05. The van der Waals surface area contributed by atoms with E-state index in [9.17, 15) is 0 Å². The maximum Gasteiger partial charge on any atom is 0.192 e. The second kappa shape index (κ2) is 10.6. The van der Waals surface area contributed by atoms with Crippen LogP contribution in [0.25, 0.3) is 0 Å². The molecule has 0 amide bonds. The maximum absolute atomic E-state index is 7.06. The first kappa shape index (κ1) is 27.7. The van der Waals surface area contributed by atoms with Crippen molar-refractivity contribution in [2.75, 3.05) is 6.61 Å². The van der Waals surface area contributed by atoms with Crippen LogP contribution in [0.4, 0.5) is 0 Å². The van der Waals surface area contributed by atoms with Crippen LogP contribution >= 0.6 is 0 Å². The molecule has 1 saturated heterocycles. The SMILES string of the molecule is C[C@H](CCCC(C)(C)OC1CCCCO1)[C@@H]1CC[C@H]2[C@@H](O[Si](C)(C)C(C)(C)C)CCC[C@]12C. The standard InChI is InChI=1S/C29H56O3Si/c1-22(14-12-19-28(5,6)31-26-16-10-11-21-30-26)23-17-18-24-25(15-13-20-29(23,24)7)32-33(8,9)27(2,3)4/h22-26H,10-21H2,1-9H3/t22-,23+,24+,25+,26?,29-/m1/s1. The molecule has 3 fully saturated rings.